The quantitative estimate of drug-likeness (QED) is 0.461. The third-order valence-electron chi connectivity index (χ3n) is 4.59. The Labute approximate surface area is 177 Å². The van der Waals surface area contributed by atoms with Gasteiger partial charge in [-0.05, 0) is 36.8 Å². The topological polar surface area (TPSA) is 109 Å². The molecular weight excluding hydrogens is 402 g/mol. The molecule has 158 valence electrons. The predicted octanol–water partition coefficient (Wildman–Crippen LogP) is 2.66. The highest BCUT2D eigenvalue weighted by Gasteiger charge is 2.21. The molecule has 9 nitrogen and oxygen atoms in total. The molecule has 1 aliphatic heterocycles. The second kappa shape index (κ2) is 8.70. The fraction of sp³-hybridized carbons (Fsp3) is 0.182. The van der Waals surface area contributed by atoms with Crippen LogP contribution in [0.2, 0.25) is 0 Å². The summed E-state index contributed by atoms with van der Waals surface area (Å²) in [6, 6.07) is 11.7. The van der Waals surface area contributed by atoms with Gasteiger partial charge in [-0.15, -0.1) is 0 Å². The molecule has 1 aromatic heterocycles. The molecule has 0 atom stereocenters. The Morgan fingerprint density at radius 2 is 1.87 bits per heavy atom. The van der Waals surface area contributed by atoms with E-state index in [-0.39, 0.29) is 23.8 Å². The van der Waals surface area contributed by atoms with Crippen molar-refractivity contribution in [2.24, 2.45) is 0 Å². The number of aromatic nitrogens is 2. The van der Waals surface area contributed by atoms with Gasteiger partial charge in [-0.1, -0.05) is 12.1 Å². The number of anilines is 1. The predicted molar refractivity (Wildman–Crippen MR) is 109 cm³/mol. The monoisotopic (exact) mass is 421 g/mol. The van der Waals surface area contributed by atoms with E-state index in [9.17, 15) is 14.4 Å². The number of ketones is 1. The molecule has 0 aliphatic carbocycles. The van der Waals surface area contributed by atoms with Crippen molar-refractivity contribution < 1.29 is 28.6 Å². The fourth-order valence-electron chi connectivity index (χ4n) is 3.06. The normalized spacial score (nSPS) is 11.8. The number of carbonyl (C=O) groups excluding carboxylic acids is 3. The van der Waals surface area contributed by atoms with Crippen molar-refractivity contribution in [3.63, 3.8) is 0 Å². The third-order valence-corrected chi connectivity index (χ3v) is 4.59. The zero-order chi connectivity index (χ0) is 21.8. The van der Waals surface area contributed by atoms with E-state index in [0.717, 1.165) is 5.56 Å². The Bertz CT molecular complexity index is 1120. The summed E-state index contributed by atoms with van der Waals surface area (Å²) in [4.78, 5) is 36.4. The number of Topliss-reactive ketones (excluding diaryl/α,β-unsaturated/α-hetero) is 1. The Morgan fingerprint density at radius 3 is 2.55 bits per heavy atom. The highest BCUT2D eigenvalue weighted by Crippen LogP contribution is 2.37. The van der Waals surface area contributed by atoms with E-state index >= 15 is 0 Å². The van der Waals surface area contributed by atoms with Crippen LogP contribution in [0.15, 0.2) is 54.9 Å². The Balaban J connectivity index is 1.34. The number of amides is 1. The van der Waals surface area contributed by atoms with Crippen molar-refractivity contribution in [1.29, 1.82) is 0 Å². The average Bonchev–Trinajstić information content (AvgIpc) is 3.43. The summed E-state index contributed by atoms with van der Waals surface area (Å²) >= 11 is 0. The van der Waals surface area contributed by atoms with E-state index < -0.39 is 18.5 Å². The molecule has 0 fully saturated rings. The standard InChI is InChI=1S/C22H19N3O6/c1-14(26)17-9-19-20(31-13-30-19)10-18(17)24-21(27)12-29-22(28)16-5-3-15(4-6-16)11-25-8-2-7-23-25/h2-10H,11-13H2,1H3,(H,24,27). The van der Waals surface area contributed by atoms with Crippen LogP contribution >= 0.6 is 0 Å². The summed E-state index contributed by atoms with van der Waals surface area (Å²) in [7, 11) is 0. The van der Waals surface area contributed by atoms with Crippen LogP contribution < -0.4 is 14.8 Å². The van der Waals surface area contributed by atoms with E-state index in [1.165, 1.54) is 19.1 Å². The minimum Gasteiger partial charge on any atom is -0.454 e. The van der Waals surface area contributed by atoms with Gasteiger partial charge in [0, 0.05) is 24.0 Å². The van der Waals surface area contributed by atoms with Gasteiger partial charge in [-0.25, -0.2) is 4.79 Å². The first kappa shape index (κ1) is 20.1. The SMILES string of the molecule is CC(=O)c1cc2c(cc1NC(=O)COC(=O)c1ccc(Cn3cccn3)cc1)OCO2. The number of nitrogens with zero attached hydrogens (tertiary/aromatic N) is 2. The lowest BCUT2D eigenvalue weighted by Crippen LogP contribution is -2.22. The van der Waals surface area contributed by atoms with E-state index in [4.69, 9.17) is 14.2 Å². The second-order valence-corrected chi connectivity index (χ2v) is 6.83. The van der Waals surface area contributed by atoms with E-state index in [1.807, 2.05) is 12.3 Å². The highest BCUT2D eigenvalue weighted by atomic mass is 16.7. The van der Waals surface area contributed by atoms with Crippen molar-refractivity contribution in [3.8, 4) is 11.5 Å². The molecule has 2 aromatic carbocycles. The number of fused-ring (bicyclic) bond motifs is 1. The molecule has 0 saturated heterocycles. The van der Waals surface area contributed by atoms with Crippen LogP contribution in [-0.2, 0) is 16.1 Å². The average molecular weight is 421 g/mol. The maximum absolute atomic E-state index is 12.3. The van der Waals surface area contributed by atoms with E-state index in [0.29, 0.717) is 23.6 Å². The molecule has 1 N–H and O–H groups in total. The number of nitrogens with one attached hydrogen (secondary N) is 1. The minimum atomic E-state index is -0.627. The van der Waals surface area contributed by atoms with Gasteiger partial charge in [0.05, 0.1) is 17.8 Å². The maximum atomic E-state index is 12.3. The first-order chi connectivity index (χ1) is 15.0. The lowest BCUT2D eigenvalue weighted by molar-refractivity contribution is -0.119. The Hall–Kier alpha value is -4.14. The number of ether oxygens (including phenoxy) is 3. The molecule has 3 aromatic rings. The van der Waals surface area contributed by atoms with Crippen molar-refractivity contribution in [2.45, 2.75) is 13.5 Å². The third kappa shape index (κ3) is 4.72. The largest absolute Gasteiger partial charge is 0.454 e. The molecule has 0 bridgehead atoms. The summed E-state index contributed by atoms with van der Waals surface area (Å²) in [5, 5.41) is 6.71. The first-order valence-electron chi connectivity index (χ1n) is 9.47. The van der Waals surface area contributed by atoms with Crippen LogP contribution in [0, 0.1) is 0 Å². The lowest BCUT2D eigenvalue weighted by atomic mass is 10.1. The van der Waals surface area contributed by atoms with Crippen LogP contribution in [0.4, 0.5) is 5.69 Å². The van der Waals surface area contributed by atoms with Gasteiger partial charge in [0.15, 0.2) is 23.9 Å². The number of hydrogen-bond donors (Lipinski definition) is 1. The van der Waals surface area contributed by atoms with Crippen LogP contribution in [-0.4, -0.2) is 40.8 Å². The number of hydrogen-bond acceptors (Lipinski definition) is 7. The van der Waals surface area contributed by atoms with Gasteiger partial charge in [0.25, 0.3) is 5.91 Å². The van der Waals surface area contributed by atoms with Crippen LogP contribution in [0.3, 0.4) is 0 Å². The Kier molecular flexibility index (Phi) is 5.65. The lowest BCUT2D eigenvalue weighted by Gasteiger charge is -2.11. The fourth-order valence-corrected chi connectivity index (χ4v) is 3.06. The number of benzene rings is 2. The molecule has 31 heavy (non-hydrogen) atoms. The number of esters is 1. The van der Waals surface area contributed by atoms with Gasteiger partial charge in [-0.3, -0.25) is 14.3 Å². The van der Waals surface area contributed by atoms with Gasteiger partial charge in [0.2, 0.25) is 6.79 Å². The molecule has 1 aliphatic rings. The van der Waals surface area contributed by atoms with Crippen molar-refractivity contribution in [3.05, 3.63) is 71.5 Å². The molecule has 2 heterocycles. The molecule has 1 amide bonds. The van der Waals surface area contributed by atoms with E-state index in [1.54, 1.807) is 35.1 Å². The van der Waals surface area contributed by atoms with Crippen molar-refractivity contribution >= 4 is 23.3 Å². The molecule has 0 saturated carbocycles. The van der Waals surface area contributed by atoms with Crippen LogP contribution in [0.5, 0.6) is 11.5 Å². The zero-order valence-corrected chi connectivity index (χ0v) is 16.7. The van der Waals surface area contributed by atoms with E-state index in [2.05, 4.69) is 10.4 Å². The molecule has 0 radical (unpaired) electrons. The summed E-state index contributed by atoms with van der Waals surface area (Å²) in [6.07, 6.45) is 3.54. The van der Waals surface area contributed by atoms with Gasteiger partial charge >= 0.3 is 5.97 Å². The summed E-state index contributed by atoms with van der Waals surface area (Å²) in [6.45, 7) is 1.50. The summed E-state index contributed by atoms with van der Waals surface area (Å²) < 4.78 is 17.4. The highest BCUT2D eigenvalue weighted by molar-refractivity contribution is 6.05. The zero-order valence-electron chi connectivity index (χ0n) is 16.7. The Morgan fingerprint density at radius 1 is 1.13 bits per heavy atom. The minimum absolute atomic E-state index is 0.0441. The molecular formula is C22H19N3O6. The van der Waals surface area contributed by atoms with Crippen molar-refractivity contribution in [2.75, 3.05) is 18.7 Å². The summed E-state index contributed by atoms with van der Waals surface area (Å²) in [5.41, 5.74) is 1.83. The van der Waals surface area contributed by atoms with Gasteiger partial charge in [0.1, 0.15) is 0 Å². The number of rotatable bonds is 7. The smallest absolute Gasteiger partial charge is 0.338 e. The van der Waals surface area contributed by atoms with Crippen LogP contribution in [0.1, 0.15) is 33.2 Å². The molecule has 9 heteroatoms. The van der Waals surface area contributed by atoms with Gasteiger partial charge < -0.3 is 19.5 Å². The summed E-state index contributed by atoms with van der Waals surface area (Å²) in [5.74, 6) is -0.595. The molecule has 0 spiro atoms. The second-order valence-electron chi connectivity index (χ2n) is 6.83. The van der Waals surface area contributed by atoms with Gasteiger partial charge in [-0.2, -0.15) is 5.10 Å². The van der Waals surface area contributed by atoms with Crippen molar-refractivity contribution in [1.82, 2.24) is 9.78 Å². The van der Waals surface area contributed by atoms with Crippen LogP contribution in [0.25, 0.3) is 0 Å². The number of carbonyl (C=O) groups is 3. The molecule has 4 rings (SSSR count). The first-order valence-corrected chi connectivity index (χ1v) is 9.47. The maximum Gasteiger partial charge on any atom is 0.338 e. The molecule has 0 unspecified atom stereocenters.